The number of hydrogen-bond donors (Lipinski definition) is 2. The number of hydrogen-bond acceptors (Lipinski definition) is 10. The van der Waals surface area contributed by atoms with Gasteiger partial charge in [0.05, 0.1) is 5.69 Å². The second-order valence-corrected chi connectivity index (χ2v) is 10.9. The maximum absolute atomic E-state index is 5.81. The Kier molecular flexibility index (Phi) is 6.92. The van der Waals surface area contributed by atoms with Crippen molar-refractivity contribution in [3.8, 4) is 11.3 Å². The van der Waals surface area contributed by atoms with E-state index in [1.807, 2.05) is 29.6 Å². The van der Waals surface area contributed by atoms with Crippen LogP contribution >= 0.6 is 23.6 Å². The summed E-state index contributed by atoms with van der Waals surface area (Å²) in [4.78, 5) is 28.4. The molecule has 10 nitrogen and oxygen atoms in total. The number of anilines is 5. The number of nitrogens with two attached hydrogens (primary N) is 1. The molecule has 1 aromatic carbocycles. The zero-order valence-electron chi connectivity index (χ0n) is 20.8. The smallest absolute Gasteiger partial charge is 0.232 e. The Labute approximate surface area is 226 Å². The monoisotopic (exact) mass is 536 g/mol. The van der Waals surface area contributed by atoms with Gasteiger partial charge in [0.15, 0.2) is 10.2 Å². The molecule has 2 aromatic heterocycles. The summed E-state index contributed by atoms with van der Waals surface area (Å²) in [7, 11) is 0. The average Bonchev–Trinajstić information content (AvgIpc) is 3.72. The molecule has 0 spiro atoms. The van der Waals surface area contributed by atoms with Gasteiger partial charge in [-0.15, -0.1) is 11.3 Å². The fraction of sp³-hybridized carbons (Fsp3) is 0.480. The fourth-order valence-electron chi connectivity index (χ4n) is 5.00. The van der Waals surface area contributed by atoms with Gasteiger partial charge >= 0.3 is 0 Å². The normalized spacial score (nSPS) is 18.1. The van der Waals surface area contributed by atoms with Crippen molar-refractivity contribution in [1.82, 2.24) is 24.8 Å². The first kappa shape index (κ1) is 24.1. The highest BCUT2D eigenvalue weighted by Gasteiger charge is 2.26. The Bertz CT molecular complexity index is 1190. The molecular weight excluding hydrogens is 504 g/mol. The lowest BCUT2D eigenvalue weighted by Gasteiger charge is -2.36. The van der Waals surface area contributed by atoms with Gasteiger partial charge < -0.3 is 30.7 Å². The number of aromatic nitrogens is 4. The van der Waals surface area contributed by atoms with E-state index in [0.717, 1.165) is 92.3 Å². The molecule has 0 unspecified atom stereocenters. The van der Waals surface area contributed by atoms with Gasteiger partial charge in [0.25, 0.3) is 0 Å². The van der Waals surface area contributed by atoms with Crippen LogP contribution in [-0.4, -0.2) is 82.3 Å². The van der Waals surface area contributed by atoms with Gasteiger partial charge in [-0.1, -0.05) is 12.1 Å². The summed E-state index contributed by atoms with van der Waals surface area (Å²) < 4.78 is 0. The minimum absolute atomic E-state index is 0.698. The number of thiazole rings is 1. The molecular formula is C25H32N10S2. The molecule has 0 amide bonds. The average molecular weight is 537 g/mol. The van der Waals surface area contributed by atoms with Crippen LogP contribution in [0.2, 0.25) is 0 Å². The Morgan fingerprint density at radius 1 is 0.730 bits per heavy atom. The summed E-state index contributed by atoms with van der Waals surface area (Å²) >= 11 is 7.28. The standard InChI is InChI=1S/C25H32N10S2/c26-19-7-5-18(6-8-19)20-17-37-24(27-20)31-25(36)35-15-13-34(14-16-35)23-29-21(32-9-1-2-10-32)28-22(30-23)33-11-3-4-12-33/h5-8,17H,1-4,9-16,26H2,(H,27,31,36). The number of rotatable bonds is 5. The van der Waals surface area contributed by atoms with Gasteiger partial charge in [0.2, 0.25) is 17.8 Å². The second-order valence-electron chi connectivity index (χ2n) is 9.69. The summed E-state index contributed by atoms with van der Waals surface area (Å²) in [5, 5.41) is 6.85. The van der Waals surface area contributed by atoms with Gasteiger partial charge in [-0.25, -0.2) is 4.98 Å². The van der Waals surface area contributed by atoms with Crippen molar-refractivity contribution in [2.45, 2.75) is 25.7 Å². The molecule has 12 heteroatoms. The SMILES string of the molecule is Nc1ccc(-c2csc(NC(=S)N3CCN(c4nc(N5CCCC5)nc(N5CCCC5)n4)CC3)n2)cc1. The van der Waals surface area contributed by atoms with Crippen molar-refractivity contribution in [2.24, 2.45) is 0 Å². The highest BCUT2D eigenvalue weighted by atomic mass is 32.1. The Balaban J connectivity index is 1.10. The molecule has 0 atom stereocenters. The van der Waals surface area contributed by atoms with E-state index < -0.39 is 0 Å². The second kappa shape index (κ2) is 10.6. The molecule has 3 N–H and O–H groups in total. The highest BCUT2D eigenvalue weighted by Crippen LogP contribution is 2.27. The molecule has 0 radical (unpaired) electrons. The molecule has 0 saturated carbocycles. The summed E-state index contributed by atoms with van der Waals surface area (Å²) in [6.45, 7) is 7.29. The van der Waals surface area contributed by atoms with E-state index in [0.29, 0.717) is 5.11 Å². The minimum atomic E-state index is 0.698. The zero-order chi connectivity index (χ0) is 25.2. The highest BCUT2D eigenvalue weighted by molar-refractivity contribution is 7.80. The minimum Gasteiger partial charge on any atom is -0.399 e. The molecule has 3 fully saturated rings. The third kappa shape index (κ3) is 5.40. The lowest BCUT2D eigenvalue weighted by Crippen LogP contribution is -2.50. The van der Waals surface area contributed by atoms with Crippen LogP contribution in [0.5, 0.6) is 0 Å². The van der Waals surface area contributed by atoms with Crippen LogP contribution < -0.4 is 25.8 Å². The van der Waals surface area contributed by atoms with E-state index in [4.69, 9.17) is 37.9 Å². The fourth-order valence-corrected chi connectivity index (χ4v) is 6.06. The van der Waals surface area contributed by atoms with Gasteiger partial charge in [0.1, 0.15) is 0 Å². The molecule has 0 aliphatic carbocycles. The van der Waals surface area contributed by atoms with Crippen LogP contribution in [0.15, 0.2) is 29.6 Å². The van der Waals surface area contributed by atoms with Gasteiger partial charge in [0, 0.05) is 69.0 Å². The first-order valence-electron chi connectivity index (χ1n) is 13.0. The van der Waals surface area contributed by atoms with Crippen molar-refractivity contribution < 1.29 is 0 Å². The Morgan fingerprint density at radius 2 is 1.24 bits per heavy atom. The molecule has 3 aliphatic heterocycles. The first-order chi connectivity index (χ1) is 18.1. The molecule has 37 heavy (non-hydrogen) atoms. The van der Waals surface area contributed by atoms with E-state index in [1.54, 1.807) is 11.3 Å². The van der Waals surface area contributed by atoms with E-state index in [-0.39, 0.29) is 0 Å². The van der Waals surface area contributed by atoms with Crippen LogP contribution in [0.25, 0.3) is 11.3 Å². The first-order valence-corrected chi connectivity index (χ1v) is 14.3. The molecule has 3 aromatic rings. The molecule has 0 bridgehead atoms. The number of nitrogen functional groups attached to an aromatic ring is 1. The van der Waals surface area contributed by atoms with Gasteiger partial charge in [-0.2, -0.15) is 15.0 Å². The lowest BCUT2D eigenvalue weighted by molar-refractivity contribution is 0.388. The van der Waals surface area contributed by atoms with Crippen LogP contribution in [0.4, 0.5) is 28.7 Å². The Morgan fingerprint density at radius 3 is 1.78 bits per heavy atom. The van der Waals surface area contributed by atoms with E-state index in [9.17, 15) is 0 Å². The maximum Gasteiger partial charge on any atom is 0.232 e. The number of benzene rings is 1. The van der Waals surface area contributed by atoms with Crippen molar-refractivity contribution in [1.29, 1.82) is 0 Å². The van der Waals surface area contributed by atoms with E-state index >= 15 is 0 Å². The third-order valence-corrected chi connectivity index (χ3v) is 8.27. The van der Waals surface area contributed by atoms with E-state index in [1.165, 1.54) is 25.7 Å². The largest absolute Gasteiger partial charge is 0.399 e. The van der Waals surface area contributed by atoms with Crippen LogP contribution in [0.3, 0.4) is 0 Å². The molecule has 6 rings (SSSR count). The van der Waals surface area contributed by atoms with Crippen molar-refractivity contribution in [3.05, 3.63) is 29.6 Å². The molecule has 3 saturated heterocycles. The maximum atomic E-state index is 5.81. The van der Waals surface area contributed by atoms with Crippen LogP contribution in [0, 0.1) is 0 Å². The molecule has 3 aliphatic rings. The molecule has 5 heterocycles. The van der Waals surface area contributed by atoms with Gasteiger partial charge in [-0.3, -0.25) is 0 Å². The Hall–Kier alpha value is -3.25. The number of piperazine rings is 1. The van der Waals surface area contributed by atoms with Crippen molar-refractivity contribution in [2.75, 3.05) is 78.1 Å². The molecule has 194 valence electrons. The lowest BCUT2D eigenvalue weighted by atomic mass is 10.1. The topological polar surface area (TPSA) is 103 Å². The third-order valence-electron chi connectivity index (χ3n) is 7.15. The zero-order valence-corrected chi connectivity index (χ0v) is 22.5. The summed E-state index contributed by atoms with van der Waals surface area (Å²) in [6, 6.07) is 7.75. The van der Waals surface area contributed by atoms with Crippen LogP contribution in [-0.2, 0) is 0 Å². The van der Waals surface area contributed by atoms with Crippen molar-refractivity contribution >= 4 is 57.3 Å². The summed E-state index contributed by atoms with van der Waals surface area (Å²) in [5.74, 6) is 2.43. The predicted molar refractivity (Wildman–Crippen MR) is 155 cm³/mol. The number of nitrogens with one attached hydrogen (secondary N) is 1. The van der Waals surface area contributed by atoms with Crippen molar-refractivity contribution in [3.63, 3.8) is 0 Å². The quantitative estimate of drug-likeness (QED) is 0.371. The van der Waals surface area contributed by atoms with E-state index in [2.05, 4.69) is 24.9 Å². The van der Waals surface area contributed by atoms with Crippen LogP contribution in [0.1, 0.15) is 25.7 Å². The van der Waals surface area contributed by atoms with Gasteiger partial charge in [-0.05, 0) is 50.0 Å². The predicted octanol–water partition coefficient (Wildman–Crippen LogP) is 3.30. The number of nitrogens with zero attached hydrogens (tertiary/aromatic N) is 8. The summed E-state index contributed by atoms with van der Waals surface area (Å²) in [6.07, 6.45) is 4.79. The number of thiocarbonyl (C=S) groups is 1. The summed E-state index contributed by atoms with van der Waals surface area (Å²) in [5.41, 5.74) is 8.50.